The topological polar surface area (TPSA) is 55.1 Å². The monoisotopic (exact) mass is 264 g/mol. The molecule has 0 bridgehead atoms. The van der Waals surface area contributed by atoms with Crippen LogP contribution in [0.4, 0.5) is 0 Å². The maximum Gasteiger partial charge on any atom is 0.310 e. The van der Waals surface area contributed by atoms with E-state index >= 15 is 0 Å². The molecular weight excluding hydrogens is 240 g/mol. The molecule has 19 heavy (non-hydrogen) atoms. The molecule has 0 radical (unpaired) electrons. The van der Waals surface area contributed by atoms with Crippen molar-refractivity contribution in [2.75, 3.05) is 0 Å². The summed E-state index contributed by atoms with van der Waals surface area (Å²) in [6, 6.07) is 2.01. The summed E-state index contributed by atoms with van der Waals surface area (Å²) in [5.74, 6) is 0.0710. The van der Waals surface area contributed by atoms with Gasteiger partial charge >= 0.3 is 5.97 Å². The van der Waals surface area contributed by atoms with Crippen molar-refractivity contribution in [2.24, 2.45) is 18.4 Å². The third kappa shape index (κ3) is 2.82. The predicted molar refractivity (Wildman–Crippen MR) is 74.0 cm³/mol. The van der Waals surface area contributed by atoms with Gasteiger partial charge in [0.1, 0.15) is 0 Å². The Kier molecular flexibility index (Phi) is 3.97. The van der Waals surface area contributed by atoms with E-state index in [2.05, 4.69) is 12.0 Å². The van der Waals surface area contributed by atoms with Crippen molar-refractivity contribution in [1.29, 1.82) is 0 Å². The van der Waals surface area contributed by atoms with Gasteiger partial charge in [-0.25, -0.2) is 0 Å². The number of hydrogen-bond donors (Lipinski definition) is 1. The number of aliphatic carboxylic acids is 1. The molecule has 1 N–H and O–H groups in total. The summed E-state index contributed by atoms with van der Waals surface area (Å²) in [4.78, 5) is 11.8. The summed E-state index contributed by atoms with van der Waals surface area (Å²) in [5, 5.41) is 14.0. The molecule has 2 rings (SSSR count). The minimum Gasteiger partial charge on any atom is -0.481 e. The molecule has 1 aromatic heterocycles. The summed E-state index contributed by atoms with van der Waals surface area (Å²) in [6.07, 6.45) is 5.45. The first-order chi connectivity index (χ1) is 8.97. The van der Waals surface area contributed by atoms with E-state index in [4.69, 9.17) is 0 Å². The minimum atomic E-state index is -0.638. The molecule has 4 heteroatoms. The summed E-state index contributed by atoms with van der Waals surface area (Å²) < 4.78 is 1.83. The van der Waals surface area contributed by atoms with Crippen LogP contribution in [-0.2, 0) is 18.3 Å². The lowest BCUT2D eigenvalue weighted by Crippen LogP contribution is -2.38. The Labute approximate surface area is 114 Å². The van der Waals surface area contributed by atoms with Gasteiger partial charge in [0.05, 0.1) is 11.1 Å². The number of aromatic nitrogens is 2. The number of hydrogen-bond acceptors (Lipinski definition) is 2. The van der Waals surface area contributed by atoms with Crippen LogP contribution in [-0.4, -0.2) is 20.9 Å². The van der Waals surface area contributed by atoms with Crippen molar-refractivity contribution in [2.45, 2.75) is 52.4 Å². The zero-order chi connectivity index (χ0) is 14.0. The Bertz CT molecular complexity index is 457. The predicted octanol–water partition coefficient (Wildman–Crippen LogP) is 2.94. The number of carbonyl (C=O) groups is 1. The van der Waals surface area contributed by atoms with Gasteiger partial charge in [0.2, 0.25) is 0 Å². The van der Waals surface area contributed by atoms with Gasteiger partial charge in [-0.05, 0) is 44.6 Å². The van der Waals surface area contributed by atoms with Crippen LogP contribution in [0, 0.1) is 18.3 Å². The SMILES string of the molecule is CCC1CCC(Cc2cc(C)nn2C)(C(=O)O)CC1. The van der Waals surface area contributed by atoms with Crippen LogP contribution in [0.25, 0.3) is 0 Å². The molecule has 1 fully saturated rings. The van der Waals surface area contributed by atoms with Gasteiger partial charge in [-0.2, -0.15) is 5.10 Å². The average molecular weight is 264 g/mol. The third-order valence-electron chi connectivity index (χ3n) is 4.71. The largest absolute Gasteiger partial charge is 0.481 e. The van der Waals surface area contributed by atoms with E-state index in [1.54, 1.807) is 0 Å². The molecule has 0 aromatic carbocycles. The molecule has 1 aliphatic carbocycles. The molecule has 1 aliphatic rings. The molecule has 1 heterocycles. The first-order valence-electron chi connectivity index (χ1n) is 7.20. The first kappa shape index (κ1) is 14.1. The van der Waals surface area contributed by atoms with Crippen LogP contribution >= 0.6 is 0 Å². The van der Waals surface area contributed by atoms with E-state index in [-0.39, 0.29) is 0 Å². The van der Waals surface area contributed by atoms with Crippen LogP contribution in [0.1, 0.15) is 50.4 Å². The van der Waals surface area contributed by atoms with Gasteiger partial charge in [-0.3, -0.25) is 9.48 Å². The molecule has 0 atom stereocenters. The Morgan fingerprint density at radius 1 is 1.53 bits per heavy atom. The van der Waals surface area contributed by atoms with Gasteiger partial charge < -0.3 is 5.11 Å². The van der Waals surface area contributed by atoms with Crippen molar-refractivity contribution in [3.05, 3.63) is 17.5 Å². The highest BCUT2D eigenvalue weighted by Gasteiger charge is 2.42. The summed E-state index contributed by atoms with van der Waals surface area (Å²) in [5.41, 5.74) is 1.42. The first-order valence-corrected chi connectivity index (χ1v) is 7.20. The lowest BCUT2D eigenvalue weighted by molar-refractivity contribution is -0.151. The summed E-state index contributed by atoms with van der Waals surface area (Å²) in [7, 11) is 1.90. The maximum atomic E-state index is 11.8. The summed E-state index contributed by atoms with van der Waals surface area (Å²) >= 11 is 0. The fourth-order valence-electron chi connectivity index (χ4n) is 3.28. The van der Waals surface area contributed by atoms with Gasteiger partial charge in [0.25, 0.3) is 0 Å². The number of carboxylic acids is 1. The second kappa shape index (κ2) is 5.35. The van der Waals surface area contributed by atoms with Crippen LogP contribution in [0.15, 0.2) is 6.07 Å². The molecule has 0 spiro atoms. The molecule has 0 aliphatic heterocycles. The molecule has 0 unspecified atom stereocenters. The highest BCUT2D eigenvalue weighted by Crippen LogP contribution is 2.42. The average Bonchev–Trinajstić information content (AvgIpc) is 2.68. The fourth-order valence-corrected chi connectivity index (χ4v) is 3.28. The number of rotatable bonds is 4. The van der Waals surface area contributed by atoms with Crippen molar-refractivity contribution < 1.29 is 9.90 Å². The van der Waals surface area contributed by atoms with Crippen molar-refractivity contribution >= 4 is 5.97 Å². The van der Waals surface area contributed by atoms with E-state index in [1.165, 1.54) is 6.42 Å². The van der Waals surface area contributed by atoms with E-state index < -0.39 is 11.4 Å². The van der Waals surface area contributed by atoms with Crippen molar-refractivity contribution in [1.82, 2.24) is 9.78 Å². The standard InChI is InChI=1S/C15H24N2O2/c1-4-12-5-7-15(8-6-12,14(18)19)10-13-9-11(2)16-17(13)3/h9,12H,4-8,10H2,1-3H3,(H,18,19). The number of carboxylic acid groups (broad SMARTS) is 1. The maximum absolute atomic E-state index is 11.8. The van der Waals surface area contributed by atoms with Crippen molar-refractivity contribution in [3.63, 3.8) is 0 Å². The minimum absolute atomic E-state index is 0.577. The molecular formula is C15H24N2O2. The quantitative estimate of drug-likeness (QED) is 0.909. The van der Waals surface area contributed by atoms with Gasteiger partial charge in [-0.1, -0.05) is 13.3 Å². The highest BCUT2D eigenvalue weighted by molar-refractivity contribution is 5.75. The highest BCUT2D eigenvalue weighted by atomic mass is 16.4. The molecule has 0 amide bonds. The Hall–Kier alpha value is -1.32. The summed E-state index contributed by atoms with van der Waals surface area (Å²) in [6.45, 7) is 4.15. The smallest absolute Gasteiger partial charge is 0.310 e. The normalized spacial score (nSPS) is 27.4. The van der Waals surface area contributed by atoms with Gasteiger partial charge in [0, 0.05) is 19.2 Å². The fraction of sp³-hybridized carbons (Fsp3) is 0.733. The van der Waals surface area contributed by atoms with E-state index in [0.29, 0.717) is 12.3 Å². The molecule has 1 aromatic rings. The second-order valence-electron chi connectivity index (χ2n) is 6.01. The lowest BCUT2D eigenvalue weighted by atomic mass is 9.67. The van der Waals surface area contributed by atoms with Crippen LogP contribution in [0.2, 0.25) is 0 Å². The lowest BCUT2D eigenvalue weighted by Gasteiger charge is -2.36. The zero-order valence-corrected chi connectivity index (χ0v) is 12.1. The Balaban J connectivity index is 2.17. The van der Waals surface area contributed by atoms with Crippen molar-refractivity contribution in [3.8, 4) is 0 Å². The Morgan fingerprint density at radius 3 is 2.58 bits per heavy atom. The van der Waals surface area contributed by atoms with Gasteiger partial charge in [-0.15, -0.1) is 0 Å². The van der Waals surface area contributed by atoms with Crippen LogP contribution in [0.5, 0.6) is 0 Å². The second-order valence-corrected chi connectivity index (χ2v) is 6.01. The number of aryl methyl sites for hydroxylation is 2. The molecule has 4 nitrogen and oxygen atoms in total. The van der Waals surface area contributed by atoms with Gasteiger partial charge in [0.15, 0.2) is 0 Å². The van der Waals surface area contributed by atoms with E-state index in [0.717, 1.165) is 37.1 Å². The van der Waals surface area contributed by atoms with Crippen LogP contribution < -0.4 is 0 Å². The van der Waals surface area contributed by atoms with E-state index in [9.17, 15) is 9.90 Å². The molecule has 1 saturated carbocycles. The Morgan fingerprint density at radius 2 is 2.16 bits per heavy atom. The van der Waals surface area contributed by atoms with Crippen LogP contribution in [0.3, 0.4) is 0 Å². The molecule has 106 valence electrons. The zero-order valence-electron chi connectivity index (χ0n) is 12.1. The molecule has 0 saturated heterocycles. The van der Waals surface area contributed by atoms with E-state index in [1.807, 2.05) is 24.7 Å². The third-order valence-corrected chi connectivity index (χ3v) is 4.71. The number of nitrogens with zero attached hydrogens (tertiary/aromatic N) is 2.